The first kappa shape index (κ1) is 22.2. The molecule has 2 aromatic heterocycles. The number of halogens is 2. The molecular formula is C24H25ClFN5O. The third-order valence-electron chi connectivity index (χ3n) is 5.45. The molecule has 3 heterocycles. The SMILES string of the molecule is CC1CN(C(=O)/C=C/CN(C)C)Cc2c(-c3ccncc3)c(-c3ccc(Cl)cc3F)nn21. The Morgan fingerprint density at radius 3 is 2.72 bits per heavy atom. The van der Waals surface area contributed by atoms with Crippen LogP contribution in [0, 0.1) is 5.82 Å². The molecule has 0 fully saturated rings. The van der Waals surface area contributed by atoms with E-state index in [-0.39, 0.29) is 11.9 Å². The highest BCUT2D eigenvalue weighted by molar-refractivity contribution is 6.30. The highest BCUT2D eigenvalue weighted by Gasteiger charge is 2.31. The van der Waals surface area contributed by atoms with Gasteiger partial charge in [-0.3, -0.25) is 14.5 Å². The second-order valence-electron chi connectivity index (χ2n) is 8.21. The molecule has 1 aromatic carbocycles. The van der Waals surface area contributed by atoms with Crippen LogP contribution in [0.1, 0.15) is 18.7 Å². The van der Waals surface area contributed by atoms with Crippen molar-refractivity contribution in [1.29, 1.82) is 0 Å². The highest BCUT2D eigenvalue weighted by atomic mass is 35.5. The van der Waals surface area contributed by atoms with Gasteiger partial charge in [-0.2, -0.15) is 5.10 Å². The van der Waals surface area contributed by atoms with Crippen LogP contribution in [0.4, 0.5) is 4.39 Å². The van der Waals surface area contributed by atoms with E-state index in [4.69, 9.17) is 16.7 Å². The van der Waals surface area contributed by atoms with Crippen molar-refractivity contribution in [2.75, 3.05) is 27.2 Å². The van der Waals surface area contributed by atoms with Gasteiger partial charge in [-0.05, 0) is 56.9 Å². The van der Waals surface area contributed by atoms with Crippen LogP contribution in [-0.4, -0.2) is 57.7 Å². The number of rotatable bonds is 5. The number of hydrogen-bond donors (Lipinski definition) is 0. The van der Waals surface area contributed by atoms with Gasteiger partial charge >= 0.3 is 0 Å². The summed E-state index contributed by atoms with van der Waals surface area (Å²) >= 11 is 5.97. The second kappa shape index (κ2) is 9.22. The molecule has 1 amide bonds. The van der Waals surface area contributed by atoms with Gasteiger partial charge in [0.2, 0.25) is 5.91 Å². The fraction of sp³-hybridized carbons (Fsp3) is 0.292. The van der Waals surface area contributed by atoms with Gasteiger partial charge in [-0.25, -0.2) is 4.39 Å². The predicted molar refractivity (Wildman–Crippen MR) is 124 cm³/mol. The zero-order valence-corrected chi connectivity index (χ0v) is 19.1. The second-order valence-corrected chi connectivity index (χ2v) is 8.64. The third-order valence-corrected chi connectivity index (χ3v) is 5.69. The van der Waals surface area contributed by atoms with Crippen LogP contribution in [-0.2, 0) is 11.3 Å². The third kappa shape index (κ3) is 4.45. The smallest absolute Gasteiger partial charge is 0.246 e. The topological polar surface area (TPSA) is 54.3 Å². The van der Waals surface area contributed by atoms with E-state index in [2.05, 4.69) is 4.98 Å². The largest absolute Gasteiger partial charge is 0.331 e. The first-order chi connectivity index (χ1) is 15.3. The lowest BCUT2D eigenvalue weighted by Crippen LogP contribution is -2.39. The van der Waals surface area contributed by atoms with Gasteiger partial charge < -0.3 is 9.80 Å². The Hall–Kier alpha value is -3.03. The van der Waals surface area contributed by atoms with Gasteiger partial charge in [0.15, 0.2) is 0 Å². The van der Waals surface area contributed by atoms with Crippen LogP contribution >= 0.6 is 11.6 Å². The molecule has 8 heteroatoms. The minimum atomic E-state index is -0.435. The quantitative estimate of drug-likeness (QED) is 0.536. The van der Waals surface area contributed by atoms with Gasteiger partial charge in [-0.15, -0.1) is 0 Å². The fourth-order valence-electron chi connectivity index (χ4n) is 3.96. The van der Waals surface area contributed by atoms with Crippen molar-refractivity contribution in [3.05, 3.63) is 71.4 Å². The molecule has 1 unspecified atom stereocenters. The Balaban J connectivity index is 1.80. The van der Waals surface area contributed by atoms with Gasteiger partial charge in [0, 0.05) is 47.7 Å². The molecule has 1 aliphatic heterocycles. The van der Waals surface area contributed by atoms with Crippen LogP contribution in [0.2, 0.25) is 5.02 Å². The van der Waals surface area contributed by atoms with Crippen LogP contribution < -0.4 is 0 Å². The molecule has 1 aliphatic rings. The molecule has 0 saturated carbocycles. The molecule has 0 aliphatic carbocycles. The average molecular weight is 454 g/mol. The van der Waals surface area contributed by atoms with Crippen molar-refractivity contribution >= 4 is 17.5 Å². The molecule has 0 bridgehead atoms. The van der Waals surface area contributed by atoms with E-state index in [1.54, 1.807) is 35.5 Å². The molecule has 3 aromatic rings. The molecule has 0 spiro atoms. The molecule has 4 rings (SSSR count). The summed E-state index contributed by atoms with van der Waals surface area (Å²) in [6.07, 6.45) is 6.86. The fourth-order valence-corrected chi connectivity index (χ4v) is 4.12. The molecule has 0 N–H and O–H groups in total. The molecule has 0 saturated heterocycles. The van der Waals surface area contributed by atoms with Gasteiger partial charge in [0.1, 0.15) is 11.5 Å². The zero-order valence-electron chi connectivity index (χ0n) is 18.3. The molecule has 166 valence electrons. The van der Waals surface area contributed by atoms with E-state index in [9.17, 15) is 9.18 Å². The summed E-state index contributed by atoms with van der Waals surface area (Å²) in [6, 6.07) is 8.28. The van der Waals surface area contributed by atoms with Crippen molar-refractivity contribution in [2.24, 2.45) is 0 Å². The lowest BCUT2D eigenvalue weighted by atomic mass is 9.98. The number of likely N-dealkylation sites (N-methyl/N-ethyl adjacent to an activating group) is 1. The summed E-state index contributed by atoms with van der Waals surface area (Å²) in [4.78, 5) is 20.8. The number of hydrogen-bond acceptors (Lipinski definition) is 4. The molecule has 0 radical (unpaired) electrons. The normalized spacial score (nSPS) is 16.1. The number of pyridine rings is 1. The molecule has 6 nitrogen and oxygen atoms in total. The van der Waals surface area contributed by atoms with Gasteiger partial charge in [-0.1, -0.05) is 17.7 Å². The average Bonchev–Trinajstić information content (AvgIpc) is 3.13. The summed E-state index contributed by atoms with van der Waals surface area (Å²) in [5.74, 6) is -0.485. The summed E-state index contributed by atoms with van der Waals surface area (Å²) in [5, 5.41) is 5.13. The Kier molecular flexibility index (Phi) is 6.39. The van der Waals surface area contributed by atoms with E-state index in [1.807, 2.05) is 48.8 Å². The Morgan fingerprint density at radius 2 is 2.03 bits per heavy atom. The predicted octanol–water partition coefficient (Wildman–Crippen LogP) is 4.43. The Morgan fingerprint density at radius 1 is 1.28 bits per heavy atom. The first-order valence-corrected chi connectivity index (χ1v) is 10.8. The lowest BCUT2D eigenvalue weighted by molar-refractivity contribution is -0.128. The summed E-state index contributed by atoms with van der Waals surface area (Å²) in [6.45, 7) is 3.61. The number of fused-ring (bicyclic) bond motifs is 1. The van der Waals surface area contributed by atoms with E-state index < -0.39 is 5.82 Å². The molecule has 32 heavy (non-hydrogen) atoms. The Labute approximate surface area is 191 Å². The van der Waals surface area contributed by atoms with Crippen LogP contribution in [0.3, 0.4) is 0 Å². The standard InChI is InChI=1S/C24H25ClFN5O/c1-16-14-30(22(32)5-4-12-29(2)3)15-21-23(17-8-10-27-11-9-17)24(28-31(16)21)19-7-6-18(25)13-20(19)26/h4-11,13,16H,12,14-15H2,1-3H3/b5-4+. The first-order valence-electron chi connectivity index (χ1n) is 10.4. The van der Waals surface area contributed by atoms with Crippen molar-refractivity contribution in [1.82, 2.24) is 24.6 Å². The number of carbonyl (C=O) groups excluding carboxylic acids is 1. The number of carbonyl (C=O) groups is 1. The zero-order chi connectivity index (χ0) is 22.8. The van der Waals surface area contributed by atoms with E-state index in [0.29, 0.717) is 35.9 Å². The number of nitrogens with zero attached hydrogens (tertiary/aromatic N) is 5. The van der Waals surface area contributed by atoms with E-state index >= 15 is 0 Å². The van der Waals surface area contributed by atoms with Crippen molar-refractivity contribution in [2.45, 2.75) is 19.5 Å². The maximum Gasteiger partial charge on any atom is 0.246 e. The van der Waals surface area contributed by atoms with Crippen LogP contribution in [0.5, 0.6) is 0 Å². The summed E-state index contributed by atoms with van der Waals surface area (Å²) in [5.41, 5.74) is 3.45. The Bertz CT molecular complexity index is 1160. The lowest BCUT2D eigenvalue weighted by Gasteiger charge is -2.32. The van der Waals surface area contributed by atoms with Crippen molar-refractivity contribution in [3.8, 4) is 22.4 Å². The van der Waals surface area contributed by atoms with Crippen molar-refractivity contribution in [3.63, 3.8) is 0 Å². The van der Waals surface area contributed by atoms with Crippen LogP contribution in [0.25, 0.3) is 22.4 Å². The molecular weight excluding hydrogens is 429 g/mol. The minimum Gasteiger partial charge on any atom is -0.331 e. The van der Waals surface area contributed by atoms with Crippen LogP contribution in [0.15, 0.2) is 54.9 Å². The highest BCUT2D eigenvalue weighted by Crippen LogP contribution is 2.39. The molecule has 1 atom stereocenters. The summed E-state index contributed by atoms with van der Waals surface area (Å²) < 4.78 is 16.8. The van der Waals surface area contributed by atoms with E-state index in [1.165, 1.54) is 6.07 Å². The summed E-state index contributed by atoms with van der Waals surface area (Å²) in [7, 11) is 3.91. The maximum atomic E-state index is 14.9. The number of benzene rings is 1. The maximum absolute atomic E-state index is 14.9. The van der Waals surface area contributed by atoms with E-state index in [0.717, 1.165) is 16.8 Å². The monoisotopic (exact) mass is 453 g/mol. The van der Waals surface area contributed by atoms with Crippen molar-refractivity contribution < 1.29 is 9.18 Å². The number of amides is 1. The van der Waals surface area contributed by atoms with Gasteiger partial charge in [0.05, 0.1) is 18.3 Å². The number of aromatic nitrogens is 3. The minimum absolute atomic E-state index is 0.0500. The van der Waals surface area contributed by atoms with Gasteiger partial charge in [0.25, 0.3) is 0 Å².